The number of methoxy groups -OCH3 is 1. The Balaban J connectivity index is 1.39. The molecule has 2 atom stereocenters. The molecule has 0 aliphatic heterocycles. The molecule has 2 saturated carbocycles. The molecule has 31 heavy (non-hydrogen) atoms. The van der Waals surface area contributed by atoms with Crippen molar-refractivity contribution in [1.29, 1.82) is 0 Å². The molecule has 2 fully saturated rings. The minimum atomic E-state index is -0.306. The van der Waals surface area contributed by atoms with Crippen LogP contribution >= 0.6 is 0 Å². The summed E-state index contributed by atoms with van der Waals surface area (Å²) >= 11 is 0. The number of carbonyl (C=O) groups excluding carboxylic acids is 2. The van der Waals surface area contributed by atoms with Gasteiger partial charge >= 0.3 is 5.97 Å². The predicted octanol–water partition coefficient (Wildman–Crippen LogP) is 5.15. The molecule has 0 saturated heterocycles. The third-order valence-electron chi connectivity index (χ3n) is 6.81. The van der Waals surface area contributed by atoms with E-state index in [9.17, 15) is 9.59 Å². The number of hydrogen-bond donors (Lipinski definition) is 0. The maximum absolute atomic E-state index is 12.9. The number of nitrogens with zero attached hydrogens (tertiary/aromatic N) is 1. The molecule has 0 bridgehead atoms. The Hall–Kier alpha value is -2.88. The zero-order valence-electron chi connectivity index (χ0n) is 18.3. The summed E-state index contributed by atoms with van der Waals surface area (Å²) in [7, 11) is 1.40. The van der Waals surface area contributed by atoms with Crippen LogP contribution in [0.4, 0.5) is 0 Å². The van der Waals surface area contributed by atoms with Crippen molar-refractivity contribution in [2.75, 3.05) is 13.7 Å². The lowest BCUT2D eigenvalue weighted by Crippen LogP contribution is -2.38. The Morgan fingerprint density at radius 1 is 1.13 bits per heavy atom. The summed E-state index contributed by atoms with van der Waals surface area (Å²) in [5.74, 6) is 0.350. The lowest BCUT2D eigenvalue weighted by atomic mass is 9.95. The second kappa shape index (κ2) is 9.09. The molecule has 1 amide bonds. The number of benzene rings is 2. The predicted molar refractivity (Wildman–Crippen MR) is 122 cm³/mol. The van der Waals surface area contributed by atoms with Gasteiger partial charge in [0.2, 0.25) is 5.91 Å². The molecule has 2 aliphatic rings. The van der Waals surface area contributed by atoms with E-state index >= 15 is 0 Å². The number of carbonyl (C=O) groups is 2. The van der Waals surface area contributed by atoms with Gasteiger partial charge in [-0.1, -0.05) is 48.5 Å². The van der Waals surface area contributed by atoms with E-state index in [1.54, 1.807) is 6.08 Å². The van der Waals surface area contributed by atoms with Crippen molar-refractivity contribution in [3.63, 3.8) is 0 Å². The minimum absolute atomic E-state index is 0.201. The lowest BCUT2D eigenvalue weighted by molar-refractivity contribution is -0.131. The van der Waals surface area contributed by atoms with E-state index in [2.05, 4.69) is 35.7 Å². The summed E-state index contributed by atoms with van der Waals surface area (Å²) in [5, 5.41) is 0. The third-order valence-corrected chi connectivity index (χ3v) is 6.81. The van der Waals surface area contributed by atoms with E-state index in [-0.39, 0.29) is 17.3 Å². The molecular weight excluding hydrogens is 386 g/mol. The van der Waals surface area contributed by atoms with Gasteiger partial charge in [-0.3, -0.25) is 4.79 Å². The van der Waals surface area contributed by atoms with Crippen molar-refractivity contribution >= 4 is 11.9 Å². The van der Waals surface area contributed by atoms with Gasteiger partial charge in [-0.25, -0.2) is 4.79 Å². The first-order valence-corrected chi connectivity index (χ1v) is 11.2. The van der Waals surface area contributed by atoms with Crippen molar-refractivity contribution in [1.82, 2.24) is 4.90 Å². The minimum Gasteiger partial charge on any atom is -0.465 e. The zero-order valence-corrected chi connectivity index (χ0v) is 18.3. The highest BCUT2D eigenvalue weighted by atomic mass is 16.5. The zero-order chi connectivity index (χ0) is 21.8. The van der Waals surface area contributed by atoms with Crippen LogP contribution in [0.25, 0.3) is 0 Å². The van der Waals surface area contributed by atoms with Gasteiger partial charge in [0.15, 0.2) is 0 Å². The summed E-state index contributed by atoms with van der Waals surface area (Å²) < 4.78 is 4.77. The van der Waals surface area contributed by atoms with Crippen LogP contribution in [0.3, 0.4) is 0 Å². The molecule has 1 unspecified atom stereocenters. The first-order valence-electron chi connectivity index (χ1n) is 11.2. The Labute approximate surface area is 184 Å². The fraction of sp³-hybridized carbons (Fsp3) is 0.407. The van der Waals surface area contributed by atoms with Gasteiger partial charge in [-0.05, 0) is 60.8 Å². The van der Waals surface area contributed by atoms with Crippen LogP contribution in [0, 0.1) is 5.41 Å². The van der Waals surface area contributed by atoms with E-state index in [1.807, 2.05) is 30.3 Å². The van der Waals surface area contributed by atoms with Crippen LogP contribution in [0.15, 0.2) is 67.3 Å². The van der Waals surface area contributed by atoms with Gasteiger partial charge in [0, 0.05) is 24.9 Å². The molecule has 2 aliphatic carbocycles. The van der Waals surface area contributed by atoms with Crippen molar-refractivity contribution in [2.24, 2.45) is 5.41 Å². The van der Waals surface area contributed by atoms with Gasteiger partial charge in [-0.15, -0.1) is 6.58 Å². The highest BCUT2D eigenvalue weighted by Crippen LogP contribution is 2.53. The van der Waals surface area contributed by atoms with Crippen molar-refractivity contribution < 1.29 is 14.3 Å². The Kier molecular flexibility index (Phi) is 6.26. The fourth-order valence-electron chi connectivity index (χ4n) is 4.58. The SMILES string of the molecule is C=CCC(=O)N(CC1(CCc2ccc(C(=O)OC)cc2)CC1)[C@H]1CC1c1ccccc1. The van der Waals surface area contributed by atoms with Crippen LogP contribution in [-0.2, 0) is 16.0 Å². The van der Waals surface area contributed by atoms with Gasteiger partial charge in [0.05, 0.1) is 12.7 Å². The normalized spacial score (nSPS) is 20.5. The lowest BCUT2D eigenvalue weighted by Gasteiger charge is -2.28. The molecule has 0 heterocycles. The number of amides is 1. The smallest absolute Gasteiger partial charge is 0.337 e. The summed E-state index contributed by atoms with van der Waals surface area (Å²) in [6.45, 7) is 4.61. The molecule has 2 aromatic carbocycles. The van der Waals surface area contributed by atoms with Gasteiger partial charge in [0.1, 0.15) is 0 Å². The third kappa shape index (κ3) is 5.07. The molecule has 0 radical (unpaired) electrons. The fourth-order valence-corrected chi connectivity index (χ4v) is 4.58. The quantitative estimate of drug-likeness (QED) is 0.397. The molecule has 4 nitrogen and oxygen atoms in total. The molecule has 0 N–H and O–H groups in total. The van der Waals surface area contributed by atoms with Crippen molar-refractivity contribution in [2.45, 2.75) is 50.5 Å². The molecule has 2 aromatic rings. The van der Waals surface area contributed by atoms with Gasteiger partial charge in [0.25, 0.3) is 0 Å². The maximum atomic E-state index is 12.9. The Bertz CT molecular complexity index is 931. The number of hydrogen-bond acceptors (Lipinski definition) is 3. The topological polar surface area (TPSA) is 46.6 Å². The highest BCUT2D eigenvalue weighted by molar-refractivity contribution is 5.89. The van der Waals surface area contributed by atoms with E-state index in [1.165, 1.54) is 31.1 Å². The van der Waals surface area contributed by atoms with E-state index in [4.69, 9.17) is 4.74 Å². The average molecular weight is 418 g/mol. The van der Waals surface area contributed by atoms with Crippen LogP contribution in [0.2, 0.25) is 0 Å². The van der Waals surface area contributed by atoms with Crippen LogP contribution < -0.4 is 0 Å². The monoisotopic (exact) mass is 417 g/mol. The molecule has 0 spiro atoms. The van der Waals surface area contributed by atoms with Crippen LogP contribution in [0.5, 0.6) is 0 Å². The molecule has 162 valence electrons. The highest BCUT2D eigenvalue weighted by Gasteiger charge is 2.50. The summed E-state index contributed by atoms with van der Waals surface area (Å²) in [5.41, 5.74) is 3.35. The van der Waals surface area contributed by atoms with Crippen LogP contribution in [0.1, 0.15) is 59.5 Å². The molecular formula is C27H31NO3. The van der Waals surface area contributed by atoms with Gasteiger partial charge < -0.3 is 9.64 Å². The van der Waals surface area contributed by atoms with E-state index < -0.39 is 0 Å². The van der Waals surface area contributed by atoms with Crippen molar-refractivity contribution in [3.05, 3.63) is 83.9 Å². The first-order chi connectivity index (χ1) is 15.0. The second-order valence-electron chi connectivity index (χ2n) is 9.02. The number of rotatable bonds is 10. The largest absolute Gasteiger partial charge is 0.465 e. The van der Waals surface area contributed by atoms with E-state index in [0.29, 0.717) is 23.9 Å². The number of ether oxygens (including phenoxy) is 1. The van der Waals surface area contributed by atoms with Crippen molar-refractivity contribution in [3.8, 4) is 0 Å². The summed E-state index contributed by atoms with van der Waals surface area (Å²) in [4.78, 5) is 26.7. The Morgan fingerprint density at radius 2 is 1.84 bits per heavy atom. The summed E-state index contributed by atoms with van der Waals surface area (Å²) in [6.07, 6.45) is 7.54. The van der Waals surface area contributed by atoms with Gasteiger partial charge in [-0.2, -0.15) is 0 Å². The van der Waals surface area contributed by atoms with E-state index in [0.717, 1.165) is 25.8 Å². The first kappa shape index (κ1) is 21.4. The average Bonchev–Trinajstić information content (AvgIpc) is 3.73. The summed E-state index contributed by atoms with van der Waals surface area (Å²) in [6, 6.07) is 18.5. The number of aryl methyl sites for hydroxylation is 1. The molecule has 4 heteroatoms. The number of esters is 1. The Morgan fingerprint density at radius 3 is 2.45 bits per heavy atom. The molecule has 0 aromatic heterocycles. The molecule has 4 rings (SSSR count). The second-order valence-corrected chi connectivity index (χ2v) is 9.02. The maximum Gasteiger partial charge on any atom is 0.337 e. The standard InChI is InChI=1S/C27H31NO3/c1-3-7-25(29)28(24-18-23(24)21-8-5-4-6-9-21)19-27(16-17-27)15-14-20-10-12-22(13-11-20)26(30)31-2/h3-6,8-13,23-24H,1,7,14-19H2,2H3/t23?,24-/m0/s1. The van der Waals surface area contributed by atoms with Crippen LogP contribution in [-0.4, -0.2) is 36.5 Å².